The molecule has 9 heteroatoms. The summed E-state index contributed by atoms with van der Waals surface area (Å²) in [5.41, 5.74) is 4.99. The zero-order valence-corrected chi connectivity index (χ0v) is 27.7. The van der Waals surface area contributed by atoms with E-state index in [9.17, 15) is 5.11 Å². The Balaban J connectivity index is 1.10. The predicted molar refractivity (Wildman–Crippen MR) is 189 cm³/mol. The molecule has 4 aliphatic rings. The Morgan fingerprint density at radius 1 is 1.10 bits per heavy atom. The van der Waals surface area contributed by atoms with Crippen molar-refractivity contribution in [3.8, 4) is 35.2 Å². The van der Waals surface area contributed by atoms with Gasteiger partial charge in [-0.2, -0.15) is 9.97 Å². The molecular weight excluding hydrogens is 615 g/mol. The quantitative estimate of drug-likeness (QED) is 0.203. The first-order chi connectivity index (χ1) is 23.9. The van der Waals surface area contributed by atoms with Crippen molar-refractivity contribution in [2.75, 3.05) is 37.7 Å². The Hall–Kier alpha value is -4.78. The molecule has 2 aromatic heterocycles. The normalized spacial score (nSPS) is 21.1. The maximum Gasteiger partial charge on any atom is 0.319 e. The number of terminal acetylenes is 1. The van der Waals surface area contributed by atoms with Crippen molar-refractivity contribution in [1.29, 1.82) is 0 Å². The number of ether oxygens (including phenoxy) is 1. The number of nitrogens with zero attached hydrogens (tertiary/aromatic N) is 5. The standard InChI is InChI=1S/C40H39FN6O2/c1-3-25-6-4-7-27-17-30(48)18-31(35(25)27)34-24(2)16-32-37(36(34)41)44-39(45-38(32)47-19-28-9-10-29(20-47)43-28)49-23-40(12-13-40)22-46-15-11-26-8-5-14-42-33(26)21-46/h1,4-8,14,16-18,28-29,43,48H,9-13,15,19-23H2,2H3. The largest absolute Gasteiger partial charge is 0.508 e. The van der Waals surface area contributed by atoms with Crippen LogP contribution in [0.15, 0.2) is 54.7 Å². The third kappa shape index (κ3) is 5.44. The van der Waals surface area contributed by atoms with Crippen molar-refractivity contribution in [3.63, 3.8) is 0 Å². The summed E-state index contributed by atoms with van der Waals surface area (Å²) in [5.74, 6) is 3.03. The molecule has 0 radical (unpaired) electrons. The van der Waals surface area contributed by atoms with Crippen molar-refractivity contribution >= 4 is 27.5 Å². The molecule has 5 aromatic rings. The minimum Gasteiger partial charge on any atom is -0.508 e. The van der Waals surface area contributed by atoms with Crippen LogP contribution in [0.1, 0.15) is 48.1 Å². The molecule has 3 aromatic carbocycles. The van der Waals surface area contributed by atoms with E-state index in [1.165, 1.54) is 5.56 Å². The van der Waals surface area contributed by atoms with E-state index in [2.05, 4.69) is 32.1 Å². The zero-order valence-electron chi connectivity index (χ0n) is 27.7. The summed E-state index contributed by atoms with van der Waals surface area (Å²) in [4.78, 5) is 19.2. The Bertz CT molecular complexity index is 2160. The van der Waals surface area contributed by atoms with Crippen molar-refractivity contribution in [3.05, 3.63) is 82.9 Å². The van der Waals surface area contributed by atoms with Crippen LogP contribution in [0, 0.1) is 30.5 Å². The van der Waals surface area contributed by atoms with Gasteiger partial charge in [0.15, 0.2) is 5.82 Å². The van der Waals surface area contributed by atoms with Gasteiger partial charge in [0.1, 0.15) is 17.1 Å². The van der Waals surface area contributed by atoms with E-state index in [1.807, 2.05) is 43.5 Å². The lowest BCUT2D eigenvalue weighted by atomic mass is 9.90. The van der Waals surface area contributed by atoms with Gasteiger partial charge in [-0.3, -0.25) is 9.88 Å². The van der Waals surface area contributed by atoms with E-state index in [4.69, 9.17) is 21.1 Å². The third-order valence-electron chi connectivity index (χ3n) is 11.1. The number of piperazine rings is 1. The molecule has 0 amide bonds. The fourth-order valence-corrected chi connectivity index (χ4v) is 8.42. The molecule has 3 aliphatic heterocycles. The summed E-state index contributed by atoms with van der Waals surface area (Å²) in [7, 11) is 0. The van der Waals surface area contributed by atoms with Crippen molar-refractivity contribution in [2.24, 2.45) is 5.41 Å². The van der Waals surface area contributed by atoms with E-state index in [0.717, 1.165) is 86.9 Å². The SMILES string of the molecule is C#Cc1cccc2cc(O)cc(-c3c(C)cc4c(N5CC6CCC(C5)N6)nc(OCC5(CN6CCc7cccnc7C6)CC5)nc4c3F)c12. The van der Waals surface area contributed by atoms with Crippen LogP contribution in [0.4, 0.5) is 10.2 Å². The molecule has 1 saturated carbocycles. The maximum absolute atomic E-state index is 17.2. The molecule has 2 atom stereocenters. The van der Waals surface area contributed by atoms with Crippen molar-refractivity contribution < 1.29 is 14.2 Å². The molecule has 9 rings (SSSR count). The number of pyridine rings is 1. The van der Waals surface area contributed by atoms with Gasteiger partial charge in [-0.25, -0.2) is 4.39 Å². The van der Waals surface area contributed by atoms with Crippen LogP contribution in [0.25, 0.3) is 32.8 Å². The van der Waals surface area contributed by atoms with Crippen LogP contribution in [0.5, 0.6) is 11.8 Å². The first-order valence-electron chi connectivity index (χ1n) is 17.4. The Kier molecular flexibility index (Phi) is 7.22. The highest BCUT2D eigenvalue weighted by atomic mass is 19.1. The summed E-state index contributed by atoms with van der Waals surface area (Å²) >= 11 is 0. The monoisotopic (exact) mass is 654 g/mol. The highest BCUT2D eigenvalue weighted by Gasteiger charge is 2.45. The second-order valence-electron chi connectivity index (χ2n) is 14.6. The van der Waals surface area contributed by atoms with Crippen molar-refractivity contribution in [2.45, 2.75) is 57.7 Å². The molecule has 49 heavy (non-hydrogen) atoms. The van der Waals surface area contributed by atoms with E-state index in [0.29, 0.717) is 46.6 Å². The lowest BCUT2D eigenvalue weighted by Gasteiger charge is -2.34. The number of phenols is 1. The van der Waals surface area contributed by atoms with Crippen LogP contribution >= 0.6 is 0 Å². The molecule has 2 saturated heterocycles. The Labute approximate surface area is 285 Å². The van der Waals surface area contributed by atoms with Gasteiger partial charge in [-0.05, 0) is 91.4 Å². The molecular formula is C40H39FN6O2. The van der Waals surface area contributed by atoms with E-state index in [1.54, 1.807) is 12.1 Å². The number of fused-ring (bicyclic) bond motifs is 5. The second-order valence-corrected chi connectivity index (χ2v) is 14.6. The Morgan fingerprint density at radius 2 is 1.94 bits per heavy atom. The van der Waals surface area contributed by atoms with Crippen LogP contribution in [0.2, 0.25) is 0 Å². The van der Waals surface area contributed by atoms with E-state index < -0.39 is 5.82 Å². The van der Waals surface area contributed by atoms with Crippen LogP contribution in [-0.2, 0) is 13.0 Å². The summed E-state index contributed by atoms with van der Waals surface area (Å²) in [6, 6.07) is 15.9. The van der Waals surface area contributed by atoms with Gasteiger partial charge in [0.2, 0.25) is 0 Å². The van der Waals surface area contributed by atoms with Crippen molar-refractivity contribution in [1.82, 2.24) is 25.2 Å². The first-order valence-corrected chi connectivity index (χ1v) is 17.4. The molecule has 2 unspecified atom stereocenters. The van der Waals surface area contributed by atoms with Gasteiger partial charge in [-0.15, -0.1) is 6.42 Å². The van der Waals surface area contributed by atoms with Gasteiger partial charge >= 0.3 is 6.01 Å². The number of nitrogens with one attached hydrogen (secondary N) is 1. The molecule has 1 aliphatic carbocycles. The lowest BCUT2D eigenvalue weighted by molar-refractivity contribution is 0.144. The molecule has 248 valence electrons. The summed E-state index contributed by atoms with van der Waals surface area (Å²) in [5, 5.41) is 16.6. The zero-order chi connectivity index (χ0) is 33.3. The van der Waals surface area contributed by atoms with Gasteiger partial charge in [0.05, 0.1) is 12.3 Å². The van der Waals surface area contributed by atoms with E-state index >= 15 is 4.39 Å². The van der Waals surface area contributed by atoms with Gasteiger partial charge in [0.25, 0.3) is 0 Å². The number of anilines is 1. The van der Waals surface area contributed by atoms with Crippen LogP contribution in [-0.4, -0.2) is 69.8 Å². The van der Waals surface area contributed by atoms with Crippen LogP contribution in [0.3, 0.4) is 0 Å². The van der Waals surface area contributed by atoms with Gasteiger partial charge in [-0.1, -0.05) is 24.1 Å². The first kappa shape index (κ1) is 30.3. The fraction of sp³-hybridized carbons (Fsp3) is 0.375. The summed E-state index contributed by atoms with van der Waals surface area (Å²) in [6.07, 6.45) is 13.2. The maximum atomic E-state index is 17.2. The summed E-state index contributed by atoms with van der Waals surface area (Å²) in [6.45, 7) is 6.72. The predicted octanol–water partition coefficient (Wildman–Crippen LogP) is 6.14. The topological polar surface area (TPSA) is 86.6 Å². The molecule has 0 spiro atoms. The average molecular weight is 655 g/mol. The third-order valence-corrected chi connectivity index (χ3v) is 11.1. The average Bonchev–Trinajstić information content (AvgIpc) is 3.79. The number of phenolic OH excluding ortho intramolecular Hbond substituents is 1. The number of halogens is 1. The number of aromatic hydroxyl groups is 1. The minimum atomic E-state index is -0.471. The number of rotatable bonds is 7. The molecule has 2 bridgehead atoms. The number of hydrogen-bond acceptors (Lipinski definition) is 8. The van der Waals surface area contributed by atoms with Gasteiger partial charge < -0.3 is 20.1 Å². The highest BCUT2D eigenvalue weighted by Crippen LogP contribution is 2.47. The summed E-state index contributed by atoms with van der Waals surface area (Å²) < 4.78 is 23.7. The second kappa shape index (κ2) is 11.7. The fourth-order valence-electron chi connectivity index (χ4n) is 8.42. The molecule has 2 N–H and O–H groups in total. The molecule has 3 fully saturated rings. The van der Waals surface area contributed by atoms with E-state index in [-0.39, 0.29) is 22.7 Å². The number of aryl methyl sites for hydroxylation is 1. The molecule has 8 nitrogen and oxygen atoms in total. The van der Waals surface area contributed by atoms with Crippen LogP contribution < -0.4 is 15.0 Å². The van der Waals surface area contributed by atoms with Gasteiger partial charge in [0, 0.05) is 78.3 Å². The lowest BCUT2D eigenvalue weighted by Crippen LogP contribution is -2.51. The highest BCUT2D eigenvalue weighted by molar-refractivity contribution is 6.04. The Morgan fingerprint density at radius 3 is 2.73 bits per heavy atom. The minimum absolute atomic E-state index is 0.0159. The smallest absolute Gasteiger partial charge is 0.319 e. The number of benzene rings is 3. The molecule has 5 heterocycles. The number of hydrogen-bond donors (Lipinski definition) is 2. The number of aromatic nitrogens is 3.